The highest BCUT2D eigenvalue weighted by Crippen LogP contribution is 2.28. The van der Waals surface area contributed by atoms with E-state index in [1.807, 2.05) is 12.3 Å². The van der Waals surface area contributed by atoms with Gasteiger partial charge in [0.25, 0.3) is 5.91 Å². The Bertz CT molecular complexity index is 527. The monoisotopic (exact) mass is 260 g/mol. The van der Waals surface area contributed by atoms with Crippen molar-refractivity contribution in [3.05, 3.63) is 30.9 Å². The zero-order valence-electron chi connectivity index (χ0n) is 10.5. The number of aromatic amines is 1. The van der Waals surface area contributed by atoms with Crippen LogP contribution in [0.3, 0.4) is 0 Å². The van der Waals surface area contributed by atoms with Crippen molar-refractivity contribution >= 4 is 11.6 Å². The lowest BCUT2D eigenvalue weighted by Crippen LogP contribution is -2.52. The van der Waals surface area contributed by atoms with E-state index in [2.05, 4.69) is 25.9 Å². The van der Waals surface area contributed by atoms with Gasteiger partial charge in [-0.15, -0.1) is 0 Å². The summed E-state index contributed by atoms with van der Waals surface area (Å²) >= 11 is 0. The standard InChI is InChI=1S/C12H16N6O/c19-11(17-10-8-14-15-9-10)12(2-5-13-6-3-12)18-7-1-4-16-18/h1,4,7-9,13H,2-3,5-6H2,(H,14,15)(H,17,19). The minimum atomic E-state index is -0.619. The molecule has 3 heterocycles. The molecule has 0 saturated carbocycles. The molecule has 3 N–H and O–H groups in total. The first-order valence-electron chi connectivity index (χ1n) is 6.32. The molecule has 2 aromatic rings. The first kappa shape index (κ1) is 11.9. The van der Waals surface area contributed by atoms with Crippen molar-refractivity contribution in [1.29, 1.82) is 0 Å². The smallest absolute Gasteiger partial charge is 0.252 e. The Hall–Kier alpha value is -2.15. The lowest BCUT2D eigenvalue weighted by atomic mass is 9.87. The third-order valence-electron chi connectivity index (χ3n) is 3.55. The summed E-state index contributed by atoms with van der Waals surface area (Å²) in [4.78, 5) is 12.6. The lowest BCUT2D eigenvalue weighted by Gasteiger charge is -2.36. The number of nitrogens with zero attached hydrogens (tertiary/aromatic N) is 3. The summed E-state index contributed by atoms with van der Waals surface area (Å²) < 4.78 is 1.77. The fourth-order valence-electron chi connectivity index (χ4n) is 2.49. The second kappa shape index (κ2) is 4.85. The Morgan fingerprint density at radius 3 is 2.89 bits per heavy atom. The van der Waals surface area contributed by atoms with Gasteiger partial charge in [0.15, 0.2) is 0 Å². The molecule has 7 heteroatoms. The number of aromatic nitrogens is 4. The zero-order valence-corrected chi connectivity index (χ0v) is 10.5. The molecule has 1 saturated heterocycles. The van der Waals surface area contributed by atoms with Gasteiger partial charge in [0.1, 0.15) is 5.54 Å². The molecule has 0 aromatic carbocycles. The zero-order chi connectivity index (χ0) is 13.1. The first-order chi connectivity index (χ1) is 9.31. The van der Waals surface area contributed by atoms with Crippen LogP contribution in [0.4, 0.5) is 5.69 Å². The van der Waals surface area contributed by atoms with Crippen LogP contribution < -0.4 is 10.6 Å². The molecule has 1 amide bonds. The van der Waals surface area contributed by atoms with Gasteiger partial charge in [-0.1, -0.05) is 0 Å². The Labute approximate surface area is 110 Å². The van der Waals surface area contributed by atoms with Crippen molar-refractivity contribution in [3.63, 3.8) is 0 Å². The van der Waals surface area contributed by atoms with Crippen molar-refractivity contribution in [2.24, 2.45) is 0 Å². The molecule has 100 valence electrons. The van der Waals surface area contributed by atoms with Crippen LogP contribution in [0.15, 0.2) is 30.9 Å². The number of carbonyl (C=O) groups excluding carboxylic acids is 1. The van der Waals surface area contributed by atoms with Crippen molar-refractivity contribution < 1.29 is 4.79 Å². The fourth-order valence-corrected chi connectivity index (χ4v) is 2.49. The van der Waals surface area contributed by atoms with Gasteiger partial charge in [-0.05, 0) is 32.0 Å². The highest BCUT2D eigenvalue weighted by molar-refractivity contribution is 5.96. The molecule has 7 nitrogen and oxygen atoms in total. The molecule has 1 aliphatic heterocycles. The number of anilines is 1. The van der Waals surface area contributed by atoms with Crippen LogP contribution in [0.2, 0.25) is 0 Å². The molecule has 0 unspecified atom stereocenters. The highest BCUT2D eigenvalue weighted by Gasteiger charge is 2.42. The summed E-state index contributed by atoms with van der Waals surface area (Å²) in [5.74, 6) is -0.0425. The number of carbonyl (C=O) groups is 1. The first-order valence-corrected chi connectivity index (χ1v) is 6.32. The van der Waals surface area contributed by atoms with Gasteiger partial charge in [-0.2, -0.15) is 10.2 Å². The van der Waals surface area contributed by atoms with E-state index < -0.39 is 5.54 Å². The molecular weight excluding hydrogens is 244 g/mol. The van der Waals surface area contributed by atoms with Crippen molar-refractivity contribution in [2.75, 3.05) is 18.4 Å². The summed E-state index contributed by atoms with van der Waals surface area (Å²) in [5.41, 5.74) is 0.0570. The van der Waals surface area contributed by atoms with Crippen LogP contribution in [-0.4, -0.2) is 39.0 Å². The van der Waals surface area contributed by atoms with Crippen LogP contribution in [0.5, 0.6) is 0 Å². The van der Waals surface area contributed by atoms with E-state index in [4.69, 9.17) is 0 Å². The number of hydrogen-bond donors (Lipinski definition) is 3. The van der Waals surface area contributed by atoms with Crippen molar-refractivity contribution in [1.82, 2.24) is 25.3 Å². The van der Waals surface area contributed by atoms with E-state index in [-0.39, 0.29) is 5.91 Å². The molecule has 2 aromatic heterocycles. The van der Waals surface area contributed by atoms with Crippen LogP contribution in [0.25, 0.3) is 0 Å². The van der Waals surface area contributed by atoms with E-state index in [9.17, 15) is 4.79 Å². The minimum Gasteiger partial charge on any atom is -0.321 e. The molecule has 1 fully saturated rings. The van der Waals surface area contributed by atoms with Crippen LogP contribution in [-0.2, 0) is 10.3 Å². The molecular formula is C12H16N6O. The van der Waals surface area contributed by atoms with E-state index in [1.165, 1.54) is 0 Å². The Balaban J connectivity index is 1.88. The molecule has 0 radical (unpaired) electrons. The Kier molecular flexibility index (Phi) is 3.04. The third-order valence-corrected chi connectivity index (χ3v) is 3.55. The van der Waals surface area contributed by atoms with E-state index in [0.29, 0.717) is 5.69 Å². The number of amides is 1. The average Bonchev–Trinajstić information content (AvgIpc) is 3.12. The lowest BCUT2D eigenvalue weighted by molar-refractivity contribution is -0.126. The van der Waals surface area contributed by atoms with Crippen LogP contribution >= 0.6 is 0 Å². The quantitative estimate of drug-likeness (QED) is 0.742. The molecule has 0 bridgehead atoms. The van der Waals surface area contributed by atoms with Crippen LogP contribution in [0.1, 0.15) is 12.8 Å². The maximum absolute atomic E-state index is 12.6. The molecule has 0 spiro atoms. The number of nitrogens with one attached hydrogen (secondary N) is 3. The number of piperidine rings is 1. The Morgan fingerprint density at radius 1 is 1.42 bits per heavy atom. The van der Waals surface area contributed by atoms with Gasteiger partial charge in [0, 0.05) is 18.6 Å². The maximum Gasteiger partial charge on any atom is 0.252 e. The van der Waals surface area contributed by atoms with Gasteiger partial charge < -0.3 is 10.6 Å². The minimum absolute atomic E-state index is 0.0425. The average molecular weight is 260 g/mol. The maximum atomic E-state index is 12.6. The van der Waals surface area contributed by atoms with Crippen molar-refractivity contribution in [2.45, 2.75) is 18.4 Å². The van der Waals surface area contributed by atoms with Crippen LogP contribution in [0, 0.1) is 0 Å². The van der Waals surface area contributed by atoms with Crippen molar-refractivity contribution in [3.8, 4) is 0 Å². The summed E-state index contributed by atoms with van der Waals surface area (Å²) in [7, 11) is 0. The van der Waals surface area contributed by atoms with Gasteiger partial charge in [0.05, 0.1) is 11.9 Å². The highest BCUT2D eigenvalue weighted by atomic mass is 16.2. The van der Waals surface area contributed by atoms with Gasteiger partial charge in [-0.25, -0.2) is 0 Å². The molecule has 3 rings (SSSR count). The number of H-pyrrole nitrogens is 1. The second-order valence-corrected chi connectivity index (χ2v) is 4.67. The van der Waals surface area contributed by atoms with E-state index in [0.717, 1.165) is 25.9 Å². The van der Waals surface area contributed by atoms with E-state index in [1.54, 1.807) is 23.3 Å². The summed E-state index contributed by atoms with van der Waals surface area (Å²) in [6.45, 7) is 1.61. The molecule has 0 aliphatic carbocycles. The summed E-state index contributed by atoms with van der Waals surface area (Å²) in [6.07, 6.45) is 8.25. The molecule has 19 heavy (non-hydrogen) atoms. The number of hydrogen-bond acceptors (Lipinski definition) is 4. The Morgan fingerprint density at radius 2 is 2.26 bits per heavy atom. The SMILES string of the molecule is O=C(Nc1cn[nH]c1)C1(n2cccn2)CCNCC1. The fraction of sp³-hybridized carbons (Fsp3) is 0.417. The second-order valence-electron chi connectivity index (χ2n) is 4.67. The predicted octanol–water partition coefficient (Wildman–Crippen LogP) is 0.324. The predicted molar refractivity (Wildman–Crippen MR) is 69.5 cm³/mol. The van der Waals surface area contributed by atoms with Gasteiger partial charge in [-0.3, -0.25) is 14.6 Å². The largest absolute Gasteiger partial charge is 0.321 e. The third kappa shape index (κ3) is 2.12. The summed E-state index contributed by atoms with van der Waals surface area (Å²) in [5, 5.41) is 17.0. The topological polar surface area (TPSA) is 87.6 Å². The number of rotatable bonds is 3. The van der Waals surface area contributed by atoms with Gasteiger partial charge in [0.2, 0.25) is 0 Å². The summed E-state index contributed by atoms with van der Waals surface area (Å²) in [6, 6.07) is 1.84. The molecule has 0 atom stereocenters. The van der Waals surface area contributed by atoms with E-state index >= 15 is 0 Å². The molecule has 1 aliphatic rings. The normalized spacial score (nSPS) is 18.1. The van der Waals surface area contributed by atoms with Gasteiger partial charge >= 0.3 is 0 Å².